The van der Waals surface area contributed by atoms with Gasteiger partial charge < -0.3 is 24.5 Å². The molecule has 3 aromatic rings. The molecule has 2 aromatic carbocycles. The highest BCUT2D eigenvalue weighted by Crippen LogP contribution is 2.44. The summed E-state index contributed by atoms with van der Waals surface area (Å²) < 4.78 is 104. The van der Waals surface area contributed by atoms with E-state index in [2.05, 4.69) is 19.8 Å². The fraction of sp³-hybridized carbons (Fsp3) is 0.440. The number of hydrogen-bond donors (Lipinski definition) is 2. The summed E-state index contributed by atoms with van der Waals surface area (Å²) in [5.41, 5.74) is -0.190. The number of imidazole rings is 1. The molecule has 1 fully saturated rings. The molecule has 2 N–H and O–H groups in total. The number of piperidine rings is 1. The van der Waals surface area contributed by atoms with Crippen molar-refractivity contribution in [3.05, 3.63) is 53.3 Å². The fourth-order valence-corrected chi connectivity index (χ4v) is 6.02. The Morgan fingerprint density at radius 3 is 2.54 bits per heavy atom. The number of ether oxygens (including phenoxy) is 2. The Balaban J connectivity index is 1.39. The van der Waals surface area contributed by atoms with Crippen molar-refractivity contribution < 1.29 is 49.7 Å². The molecule has 16 heteroatoms. The lowest BCUT2D eigenvalue weighted by Gasteiger charge is -2.34. The molecular weight excluding hydrogens is 579 g/mol. The number of halogens is 5. The van der Waals surface area contributed by atoms with E-state index in [1.807, 2.05) is 0 Å². The molecule has 10 nitrogen and oxygen atoms in total. The number of para-hydroxylation sites is 1. The van der Waals surface area contributed by atoms with Crippen LogP contribution in [0.2, 0.25) is 0 Å². The van der Waals surface area contributed by atoms with Crippen LogP contribution >= 0.6 is 0 Å². The fourth-order valence-electron chi connectivity index (χ4n) is 5.14. The van der Waals surface area contributed by atoms with Gasteiger partial charge in [0.05, 0.1) is 36.5 Å². The van der Waals surface area contributed by atoms with Crippen molar-refractivity contribution in [3.63, 3.8) is 0 Å². The lowest BCUT2D eigenvalue weighted by Crippen LogP contribution is -2.48. The number of aromatic nitrogens is 2. The predicted molar refractivity (Wildman–Crippen MR) is 134 cm³/mol. The van der Waals surface area contributed by atoms with Gasteiger partial charge in [0.2, 0.25) is 15.8 Å². The van der Waals surface area contributed by atoms with Crippen LogP contribution in [0.1, 0.15) is 34.6 Å². The molecule has 1 aromatic heterocycles. The first-order valence-electron chi connectivity index (χ1n) is 12.5. The average molecular weight is 605 g/mol. The smallest absolute Gasteiger partial charge is 0.395 e. The second kappa shape index (κ2) is 10.4. The zero-order valence-electron chi connectivity index (χ0n) is 21.5. The van der Waals surface area contributed by atoms with E-state index in [0.29, 0.717) is 12.8 Å². The number of fused-ring (bicyclic) bond motifs is 2. The number of carbonyl (C=O) groups is 1. The molecule has 2 aliphatic heterocycles. The van der Waals surface area contributed by atoms with Crippen LogP contribution in [0.3, 0.4) is 0 Å². The molecule has 5 rings (SSSR count). The third kappa shape index (κ3) is 5.94. The highest BCUT2D eigenvalue weighted by Gasteiger charge is 2.45. The van der Waals surface area contributed by atoms with Gasteiger partial charge in [0.1, 0.15) is 0 Å². The molecule has 1 atom stereocenters. The number of benzene rings is 2. The molecule has 0 unspecified atom stereocenters. The maximum Gasteiger partial charge on any atom is 0.586 e. The van der Waals surface area contributed by atoms with Crippen molar-refractivity contribution in [2.75, 3.05) is 26.0 Å². The number of aliphatic hydroxyl groups excluding tert-OH is 1. The van der Waals surface area contributed by atoms with Gasteiger partial charge in [0.25, 0.3) is 5.91 Å². The quantitative estimate of drug-likeness (QED) is 0.397. The van der Waals surface area contributed by atoms with Crippen molar-refractivity contribution in [2.45, 2.75) is 37.9 Å². The van der Waals surface area contributed by atoms with Gasteiger partial charge in [-0.15, -0.1) is 8.78 Å². The van der Waals surface area contributed by atoms with E-state index >= 15 is 0 Å². The first-order valence-corrected chi connectivity index (χ1v) is 14.3. The van der Waals surface area contributed by atoms with Gasteiger partial charge in [0.15, 0.2) is 11.5 Å². The van der Waals surface area contributed by atoms with Crippen LogP contribution in [-0.2, 0) is 22.7 Å². The van der Waals surface area contributed by atoms with E-state index in [4.69, 9.17) is 0 Å². The Bertz CT molecular complexity index is 1590. The molecule has 3 heterocycles. The molecule has 0 aliphatic carbocycles. The molecule has 0 radical (unpaired) electrons. The highest BCUT2D eigenvalue weighted by molar-refractivity contribution is 7.88. The van der Waals surface area contributed by atoms with Gasteiger partial charge in [-0.25, -0.2) is 17.7 Å². The zero-order chi connectivity index (χ0) is 29.7. The first kappa shape index (κ1) is 29.0. The summed E-state index contributed by atoms with van der Waals surface area (Å²) in [6, 6.07) is 6.89. The van der Waals surface area contributed by atoms with Crippen LogP contribution in [0.5, 0.6) is 11.5 Å². The Kier molecular flexibility index (Phi) is 7.36. The van der Waals surface area contributed by atoms with Gasteiger partial charge in [-0.3, -0.25) is 4.79 Å². The van der Waals surface area contributed by atoms with E-state index in [-0.39, 0.29) is 52.7 Å². The molecule has 1 amide bonds. The molecule has 222 valence electrons. The number of sulfonamides is 1. The number of nitrogens with one attached hydrogen (secondary N) is 1. The van der Waals surface area contributed by atoms with Gasteiger partial charge in [-0.05, 0) is 43.0 Å². The number of alkyl halides is 5. The van der Waals surface area contributed by atoms with E-state index < -0.39 is 53.4 Å². The van der Waals surface area contributed by atoms with E-state index in [0.717, 1.165) is 10.8 Å². The molecule has 41 heavy (non-hydrogen) atoms. The molecule has 1 saturated heterocycles. The summed E-state index contributed by atoms with van der Waals surface area (Å²) in [5, 5.41) is 12.6. The topological polar surface area (TPSA) is 123 Å². The minimum Gasteiger partial charge on any atom is -0.395 e. The number of amides is 1. The molecule has 0 spiro atoms. The van der Waals surface area contributed by atoms with Gasteiger partial charge >= 0.3 is 12.5 Å². The van der Waals surface area contributed by atoms with Crippen LogP contribution in [0.4, 0.5) is 22.0 Å². The Morgan fingerprint density at radius 1 is 1.20 bits per heavy atom. The lowest BCUT2D eigenvalue weighted by molar-refractivity contribution is -0.287. The maximum atomic E-state index is 14.0. The van der Waals surface area contributed by atoms with Crippen molar-refractivity contribution in [2.24, 2.45) is 5.92 Å². The summed E-state index contributed by atoms with van der Waals surface area (Å²) in [7, 11) is -3.36. The third-order valence-electron chi connectivity index (χ3n) is 7.15. The second-order valence-electron chi connectivity index (χ2n) is 9.90. The van der Waals surface area contributed by atoms with Crippen LogP contribution < -0.4 is 14.8 Å². The van der Waals surface area contributed by atoms with Crippen LogP contribution in [-0.4, -0.2) is 71.6 Å². The third-order valence-corrected chi connectivity index (χ3v) is 8.46. The van der Waals surface area contributed by atoms with Crippen molar-refractivity contribution in [3.8, 4) is 11.5 Å². The largest absolute Gasteiger partial charge is 0.586 e. The van der Waals surface area contributed by atoms with Crippen molar-refractivity contribution in [1.29, 1.82) is 0 Å². The predicted octanol–water partition coefficient (Wildman–Crippen LogP) is 3.19. The minimum atomic E-state index is -4.91. The lowest BCUT2D eigenvalue weighted by atomic mass is 9.90. The Hall–Kier alpha value is -3.50. The number of rotatable bonds is 7. The Morgan fingerprint density at radius 2 is 1.90 bits per heavy atom. The standard InChI is InChI=1S/C25H25F5N4O6S/c1-41(37,38)33-9-7-14(8-10-33)18(13-35)31-22(36)15-5-6-19-17(11-15)32-23(24(26,27)28)34(19)12-16-3-2-4-20-21(16)40-25(29,30)39-20/h2-6,11,14,18,35H,7-10,12-13H2,1H3,(H,31,36)/t18-/m0/s1. The number of nitrogens with zero attached hydrogens (tertiary/aromatic N) is 3. The summed E-state index contributed by atoms with van der Waals surface area (Å²) in [4.78, 5) is 16.7. The van der Waals surface area contributed by atoms with E-state index in [1.54, 1.807) is 0 Å². The highest BCUT2D eigenvalue weighted by atomic mass is 32.2. The average Bonchev–Trinajstić information content (AvgIpc) is 3.43. The molecule has 2 aliphatic rings. The summed E-state index contributed by atoms with van der Waals surface area (Å²) >= 11 is 0. The Labute approximate surface area is 230 Å². The molecule has 0 bridgehead atoms. The van der Waals surface area contributed by atoms with E-state index in [9.17, 15) is 40.3 Å². The second-order valence-corrected chi connectivity index (χ2v) is 11.9. The van der Waals surface area contributed by atoms with Crippen LogP contribution in [0.25, 0.3) is 11.0 Å². The molecule has 0 saturated carbocycles. The first-order chi connectivity index (χ1) is 19.2. The molecular formula is C25H25F5N4O6S. The summed E-state index contributed by atoms with van der Waals surface area (Å²) in [6.45, 7) is -0.479. The maximum absolute atomic E-state index is 14.0. The number of aliphatic hydroxyl groups is 1. The van der Waals surface area contributed by atoms with Crippen molar-refractivity contribution >= 4 is 27.0 Å². The van der Waals surface area contributed by atoms with Gasteiger partial charge in [-0.1, -0.05) is 12.1 Å². The monoisotopic (exact) mass is 604 g/mol. The summed E-state index contributed by atoms with van der Waals surface area (Å²) in [6.07, 6.45) is -6.96. The zero-order valence-corrected chi connectivity index (χ0v) is 22.3. The van der Waals surface area contributed by atoms with Crippen LogP contribution in [0, 0.1) is 5.92 Å². The summed E-state index contributed by atoms with van der Waals surface area (Å²) in [5.74, 6) is -2.88. The van der Waals surface area contributed by atoms with Gasteiger partial charge in [-0.2, -0.15) is 13.2 Å². The normalized spacial score (nSPS) is 18.5. The van der Waals surface area contributed by atoms with Crippen LogP contribution in [0.15, 0.2) is 36.4 Å². The van der Waals surface area contributed by atoms with Gasteiger partial charge in [0, 0.05) is 24.2 Å². The minimum absolute atomic E-state index is 0.000923. The SMILES string of the molecule is CS(=O)(=O)N1CCC([C@H](CO)NC(=O)c2ccc3c(c2)nc(C(F)(F)F)n3Cc2cccc3c2OC(F)(F)O3)CC1. The van der Waals surface area contributed by atoms with E-state index in [1.165, 1.54) is 40.7 Å². The number of carbonyl (C=O) groups excluding carboxylic acids is 1. The van der Waals surface area contributed by atoms with Crippen molar-refractivity contribution in [1.82, 2.24) is 19.2 Å². The number of hydrogen-bond acceptors (Lipinski definition) is 7.